The summed E-state index contributed by atoms with van der Waals surface area (Å²) >= 11 is 0. The molecule has 10 heteroatoms. The van der Waals surface area contributed by atoms with Gasteiger partial charge < -0.3 is 21.3 Å². The molecule has 7 nitrogen and oxygen atoms in total. The lowest BCUT2D eigenvalue weighted by Crippen LogP contribution is -2.28. The Labute approximate surface area is 189 Å². The van der Waals surface area contributed by atoms with E-state index in [0.29, 0.717) is 5.92 Å². The predicted molar refractivity (Wildman–Crippen MR) is 118 cm³/mol. The lowest BCUT2D eigenvalue weighted by molar-refractivity contribution is -0.192. The van der Waals surface area contributed by atoms with Gasteiger partial charge in [0.1, 0.15) is 6.33 Å². The topological polar surface area (TPSA) is 113 Å². The third kappa shape index (κ3) is 6.31. The van der Waals surface area contributed by atoms with E-state index in [2.05, 4.69) is 52.1 Å². The number of imidazole rings is 1. The average molecular weight is 464 g/mol. The van der Waals surface area contributed by atoms with E-state index in [1.54, 1.807) is 0 Å². The monoisotopic (exact) mass is 464 g/mol. The van der Waals surface area contributed by atoms with Crippen molar-refractivity contribution >= 4 is 17.0 Å². The van der Waals surface area contributed by atoms with Gasteiger partial charge in [-0.1, -0.05) is 24.3 Å². The van der Waals surface area contributed by atoms with E-state index in [-0.39, 0.29) is 18.2 Å². The molecular formula is C23H27F3N4O3. The molecule has 0 spiro atoms. The van der Waals surface area contributed by atoms with E-state index in [0.717, 1.165) is 36.1 Å². The minimum atomic E-state index is -5.08. The van der Waals surface area contributed by atoms with E-state index in [9.17, 15) is 18.3 Å². The Morgan fingerprint density at radius 3 is 2.42 bits per heavy atom. The van der Waals surface area contributed by atoms with Gasteiger partial charge in [0.25, 0.3) is 0 Å². The van der Waals surface area contributed by atoms with E-state index in [1.165, 1.54) is 5.56 Å². The number of alkyl halides is 3. The van der Waals surface area contributed by atoms with Crippen LogP contribution in [0.5, 0.6) is 0 Å². The van der Waals surface area contributed by atoms with E-state index in [4.69, 9.17) is 15.6 Å². The maximum absolute atomic E-state index is 10.6. The van der Waals surface area contributed by atoms with E-state index >= 15 is 0 Å². The summed E-state index contributed by atoms with van der Waals surface area (Å²) in [7, 11) is 0. The number of aliphatic hydroxyl groups is 1. The Kier molecular flexibility index (Phi) is 7.72. The van der Waals surface area contributed by atoms with Gasteiger partial charge in [0.05, 0.1) is 17.1 Å². The molecule has 3 aromatic rings. The third-order valence-corrected chi connectivity index (χ3v) is 5.75. The van der Waals surface area contributed by atoms with Crippen LogP contribution in [-0.2, 0) is 4.79 Å². The number of aliphatic hydroxyl groups excluding tert-OH is 1. The van der Waals surface area contributed by atoms with Crippen LogP contribution in [0.25, 0.3) is 16.7 Å². The number of carboxylic acids is 1. The SMILES string of the molecule is CC(NC[C@@H]1C[C@H](N)[C@@H](O)C1)c1ccc(-n2cnc3ccccc32)cc1.O=C(O)C(F)(F)F. The van der Waals surface area contributed by atoms with Crippen LogP contribution in [0.1, 0.15) is 31.4 Å². The number of aliphatic carboxylic acids is 1. The quantitative estimate of drug-likeness (QED) is 0.460. The Balaban J connectivity index is 0.000000383. The fourth-order valence-electron chi connectivity index (χ4n) is 3.87. The molecule has 2 aromatic carbocycles. The highest BCUT2D eigenvalue weighted by atomic mass is 19.4. The number of hydrogen-bond acceptors (Lipinski definition) is 5. The molecule has 1 aromatic heterocycles. The van der Waals surface area contributed by atoms with E-state index in [1.807, 2.05) is 24.5 Å². The molecule has 178 valence electrons. The zero-order valence-corrected chi connectivity index (χ0v) is 18.0. The molecule has 33 heavy (non-hydrogen) atoms. The Hall–Kier alpha value is -2.95. The van der Waals surface area contributed by atoms with Crippen molar-refractivity contribution < 1.29 is 28.2 Å². The number of rotatable bonds is 5. The summed E-state index contributed by atoms with van der Waals surface area (Å²) in [4.78, 5) is 13.4. The summed E-state index contributed by atoms with van der Waals surface area (Å²) in [6.07, 6.45) is -1.86. The van der Waals surface area contributed by atoms with Gasteiger partial charge in [0.15, 0.2) is 0 Å². The maximum Gasteiger partial charge on any atom is 0.490 e. The smallest absolute Gasteiger partial charge is 0.475 e. The van der Waals surface area contributed by atoms with Crippen molar-refractivity contribution in [3.63, 3.8) is 0 Å². The summed E-state index contributed by atoms with van der Waals surface area (Å²) in [5, 5.41) is 20.5. The summed E-state index contributed by atoms with van der Waals surface area (Å²) in [6, 6.07) is 16.9. The van der Waals surface area contributed by atoms with Crippen LogP contribution in [-0.4, -0.2) is 50.6 Å². The normalized spacial score (nSPS) is 21.5. The molecule has 1 saturated carbocycles. The predicted octanol–water partition coefficient (Wildman–Crippen LogP) is 3.41. The number of benzene rings is 2. The number of halogens is 3. The van der Waals surface area contributed by atoms with Gasteiger partial charge in [-0.3, -0.25) is 4.57 Å². The zero-order chi connectivity index (χ0) is 24.2. The molecule has 1 aliphatic rings. The largest absolute Gasteiger partial charge is 0.490 e. The first-order valence-electron chi connectivity index (χ1n) is 10.6. The molecule has 1 heterocycles. The van der Waals surface area contributed by atoms with Crippen molar-refractivity contribution in [3.05, 3.63) is 60.4 Å². The third-order valence-electron chi connectivity index (χ3n) is 5.75. The van der Waals surface area contributed by atoms with Gasteiger partial charge in [-0.15, -0.1) is 0 Å². The molecule has 0 bridgehead atoms. The maximum atomic E-state index is 10.6. The van der Waals surface area contributed by atoms with Gasteiger partial charge in [-0.25, -0.2) is 9.78 Å². The Morgan fingerprint density at radius 1 is 1.21 bits per heavy atom. The van der Waals surface area contributed by atoms with Crippen molar-refractivity contribution in [2.45, 2.75) is 44.1 Å². The first kappa shape index (κ1) is 24.7. The number of nitrogens with one attached hydrogen (secondary N) is 1. The highest BCUT2D eigenvalue weighted by Crippen LogP contribution is 2.25. The molecule has 0 saturated heterocycles. The highest BCUT2D eigenvalue weighted by molar-refractivity contribution is 5.77. The number of carbonyl (C=O) groups is 1. The van der Waals surface area contributed by atoms with Crippen LogP contribution in [0.15, 0.2) is 54.9 Å². The molecule has 4 rings (SSSR count). The number of para-hydroxylation sites is 2. The Bertz CT molecular complexity index is 1060. The second kappa shape index (κ2) is 10.3. The fourth-order valence-corrected chi connectivity index (χ4v) is 3.87. The van der Waals surface area contributed by atoms with Gasteiger partial charge in [-0.05, 0) is 62.1 Å². The van der Waals surface area contributed by atoms with Gasteiger partial charge in [0, 0.05) is 17.8 Å². The number of fused-ring (bicyclic) bond motifs is 1. The first-order chi connectivity index (χ1) is 15.6. The van der Waals surface area contributed by atoms with Crippen molar-refractivity contribution in [1.82, 2.24) is 14.9 Å². The average Bonchev–Trinajstić information content (AvgIpc) is 3.35. The molecule has 0 radical (unpaired) electrons. The Morgan fingerprint density at radius 2 is 1.85 bits per heavy atom. The van der Waals surface area contributed by atoms with Crippen LogP contribution in [0.2, 0.25) is 0 Å². The van der Waals surface area contributed by atoms with Gasteiger partial charge in [0.2, 0.25) is 0 Å². The van der Waals surface area contributed by atoms with Crippen molar-refractivity contribution in [2.75, 3.05) is 6.54 Å². The standard InChI is InChI=1S/C21H26N4O.C2HF3O2/c1-14(23-12-15-10-18(22)21(26)11-15)16-6-8-17(9-7-16)25-13-24-19-4-2-3-5-20(19)25;3-2(4,5)1(6)7/h2-9,13-15,18,21,23,26H,10-12,22H2,1H3;(H,6,7)/t14?,15-,18+,21+;/m1./s1. The molecule has 1 fully saturated rings. The minimum Gasteiger partial charge on any atom is -0.475 e. The number of nitrogens with zero attached hydrogens (tertiary/aromatic N) is 2. The number of aromatic nitrogens is 2. The molecule has 1 unspecified atom stereocenters. The lowest BCUT2D eigenvalue weighted by Gasteiger charge is -2.18. The van der Waals surface area contributed by atoms with Crippen molar-refractivity contribution in [1.29, 1.82) is 0 Å². The minimum absolute atomic E-state index is 0.0682. The second-order valence-electron chi connectivity index (χ2n) is 8.20. The van der Waals surface area contributed by atoms with Crippen LogP contribution < -0.4 is 11.1 Å². The van der Waals surface area contributed by atoms with Crippen LogP contribution >= 0.6 is 0 Å². The van der Waals surface area contributed by atoms with E-state index < -0.39 is 12.1 Å². The van der Waals surface area contributed by atoms with Crippen LogP contribution in [0.3, 0.4) is 0 Å². The molecule has 5 N–H and O–H groups in total. The second-order valence-corrected chi connectivity index (χ2v) is 8.20. The van der Waals surface area contributed by atoms with Crippen molar-refractivity contribution in [3.8, 4) is 5.69 Å². The summed E-state index contributed by atoms with van der Waals surface area (Å²) in [6.45, 7) is 3.06. The molecular weight excluding hydrogens is 437 g/mol. The number of carboxylic acid groups (broad SMARTS) is 1. The van der Waals surface area contributed by atoms with Gasteiger partial charge >= 0.3 is 12.1 Å². The molecule has 4 atom stereocenters. The molecule has 0 aliphatic heterocycles. The summed E-state index contributed by atoms with van der Waals surface area (Å²) in [5.74, 6) is -2.30. The van der Waals surface area contributed by atoms with Crippen LogP contribution in [0, 0.1) is 5.92 Å². The summed E-state index contributed by atoms with van der Waals surface area (Å²) in [5.41, 5.74) is 10.4. The first-order valence-corrected chi connectivity index (χ1v) is 10.6. The lowest BCUT2D eigenvalue weighted by atomic mass is 10.0. The number of hydrogen-bond donors (Lipinski definition) is 4. The van der Waals surface area contributed by atoms with Crippen molar-refractivity contribution in [2.24, 2.45) is 11.7 Å². The zero-order valence-electron chi connectivity index (χ0n) is 18.0. The summed E-state index contributed by atoms with van der Waals surface area (Å²) < 4.78 is 33.8. The number of nitrogens with two attached hydrogens (primary N) is 1. The van der Waals surface area contributed by atoms with Gasteiger partial charge in [-0.2, -0.15) is 13.2 Å². The molecule has 0 amide bonds. The fraction of sp³-hybridized carbons (Fsp3) is 0.391. The molecule has 1 aliphatic carbocycles. The van der Waals surface area contributed by atoms with Crippen LogP contribution in [0.4, 0.5) is 13.2 Å². The highest BCUT2D eigenvalue weighted by Gasteiger charge is 2.38.